The van der Waals surface area contributed by atoms with Crippen molar-refractivity contribution in [2.45, 2.75) is 58.9 Å². The van der Waals surface area contributed by atoms with Crippen LogP contribution in [-0.4, -0.2) is 23.7 Å². The van der Waals surface area contributed by atoms with E-state index in [9.17, 15) is 9.90 Å². The molecule has 2 bridgehead atoms. The molecule has 2 aliphatic carbocycles. The molecule has 4 unspecified atom stereocenters. The molecule has 18 heavy (non-hydrogen) atoms. The van der Waals surface area contributed by atoms with E-state index in [0.717, 1.165) is 18.8 Å². The number of aliphatic hydroxyl groups is 1. The van der Waals surface area contributed by atoms with E-state index in [2.05, 4.69) is 26.1 Å². The van der Waals surface area contributed by atoms with E-state index in [1.807, 2.05) is 0 Å². The van der Waals surface area contributed by atoms with Crippen LogP contribution in [0.25, 0.3) is 0 Å². The maximum absolute atomic E-state index is 12.3. The van der Waals surface area contributed by atoms with Gasteiger partial charge in [0.05, 0.1) is 12.6 Å². The van der Waals surface area contributed by atoms with Gasteiger partial charge >= 0.3 is 0 Å². The summed E-state index contributed by atoms with van der Waals surface area (Å²) in [6, 6.07) is -0.0865. The van der Waals surface area contributed by atoms with Gasteiger partial charge in [-0.15, -0.1) is 0 Å². The van der Waals surface area contributed by atoms with E-state index in [1.165, 1.54) is 19.3 Å². The molecule has 0 radical (unpaired) electrons. The minimum Gasteiger partial charge on any atom is -0.394 e. The van der Waals surface area contributed by atoms with Crippen LogP contribution in [0.3, 0.4) is 0 Å². The van der Waals surface area contributed by atoms with Crippen LogP contribution in [0.5, 0.6) is 0 Å². The zero-order chi connectivity index (χ0) is 13.3. The Kier molecular flexibility index (Phi) is 4.00. The van der Waals surface area contributed by atoms with Crippen molar-refractivity contribution in [3.63, 3.8) is 0 Å². The third kappa shape index (κ3) is 3.25. The number of aliphatic hydroxyl groups excluding tert-OH is 1. The topological polar surface area (TPSA) is 49.3 Å². The van der Waals surface area contributed by atoms with Gasteiger partial charge in [-0.3, -0.25) is 4.79 Å². The van der Waals surface area contributed by atoms with Gasteiger partial charge < -0.3 is 10.4 Å². The number of rotatable bonds is 4. The predicted molar refractivity (Wildman–Crippen MR) is 72.0 cm³/mol. The molecule has 1 amide bonds. The molecule has 0 heterocycles. The molecule has 2 rings (SSSR count). The van der Waals surface area contributed by atoms with Crippen molar-refractivity contribution >= 4 is 5.91 Å². The maximum Gasteiger partial charge on any atom is 0.223 e. The largest absolute Gasteiger partial charge is 0.394 e. The molecular formula is C15H27NO2. The molecule has 2 fully saturated rings. The fraction of sp³-hybridized carbons (Fsp3) is 0.933. The molecule has 0 aromatic heterocycles. The summed E-state index contributed by atoms with van der Waals surface area (Å²) < 4.78 is 0. The lowest BCUT2D eigenvalue weighted by molar-refractivity contribution is -0.127. The van der Waals surface area contributed by atoms with Gasteiger partial charge in [0.25, 0.3) is 0 Å². The molecule has 3 nitrogen and oxygen atoms in total. The van der Waals surface area contributed by atoms with Gasteiger partial charge in [-0.1, -0.05) is 27.2 Å². The molecule has 2 N–H and O–H groups in total. The molecule has 0 aromatic carbocycles. The molecule has 3 heteroatoms. The minimum absolute atomic E-state index is 0.0455. The zero-order valence-corrected chi connectivity index (χ0v) is 11.9. The van der Waals surface area contributed by atoms with Crippen LogP contribution in [0.4, 0.5) is 0 Å². The molecule has 0 aliphatic heterocycles. The standard InChI is InChI=1S/C15H27NO2/c1-15(2,3)8-12(9-17)16-14(18)13-7-10-4-5-11(13)6-10/h10-13,17H,4-9H2,1-3H3,(H,16,18). The lowest BCUT2D eigenvalue weighted by atomic mass is 9.86. The Hall–Kier alpha value is -0.570. The highest BCUT2D eigenvalue weighted by Crippen LogP contribution is 2.48. The minimum atomic E-state index is -0.0865. The summed E-state index contributed by atoms with van der Waals surface area (Å²) >= 11 is 0. The first-order valence-electron chi connectivity index (χ1n) is 7.30. The zero-order valence-electron chi connectivity index (χ0n) is 11.9. The van der Waals surface area contributed by atoms with E-state index in [1.54, 1.807) is 0 Å². The number of amides is 1. The Morgan fingerprint density at radius 2 is 2.06 bits per heavy atom. The van der Waals surface area contributed by atoms with Crippen LogP contribution in [0.15, 0.2) is 0 Å². The first-order chi connectivity index (χ1) is 8.39. The molecule has 4 atom stereocenters. The summed E-state index contributed by atoms with van der Waals surface area (Å²) in [6.45, 7) is 6.46. The third-order valence-corrected chi connectivity index (χ3v) is 4.50. The second-order valence-corrected chi connectivity index (χ2v) is 7.43. The van der Waals surface area contributed by atoms with Crippen LogP contribution >= 0.6 is 0 Å². The van der Waals surface area contributed by atoms with Gasteiger partial charge in [0.15, 0.2) is 0 Å². The van der Waals surface area contributed by atoms with Gasteiger partial charge in [0, 0.05) is 5.92 Å². The molecule has 0 aromatic rings. The molecule has 0 saturated heterocycles. The molecule has 2 saturated carbocycles. The number of fused-ring (bicyclic) bond motifs is 2. The van der Waals surface area contributed by atoms with Crippen LogP contribution < -0.4 is 5.32 Å². The summed E-state index contributed by atoms with van der Waals surface area (Å²) in [6.07, 6.45) is 5.70. The lowest BCUT2D eigenvalue weighted by Crippen LogP contribution is -2.44. The smallest absolute Gasteiger partial charge is 0.223 e. The van der Waals surface area contributed by atoms with Gasteiger partial charge in [0.1, 0.15) is 0 Å². The molecule has 0 spiro atoms. The van der Waals surface area contributed by atoms with Crippen molar-refractivity contribution < 1.29 is 9.90 Å². The Morgan fingerprint density at radius 3 is 2.50 bits per heavy atom. The molecule has 2 aliphatic rings. The number of carbonyl (C=O) groups excluding carboxylic acids is 1. The second kappa shape index (κ2) is 5.20. The predicted octanol–water partition coefficient (Wildman–Crippen LogP) is 2.34. The SMILES string of the molecule is CC(C)(C)CC(CO)NC(=O)C1CC2CCC1C2. The average molecular weight is 253 g/mol. The van der Waals surface area contributed by atoms with Crippen LogP contribution in [0.1, 0.15) is 52.9 Å². The van der Waals surface area contributed by atoms with E-state index >= 15 is 0 Å². The number of hydrogen-bond donors (Lipinski definition) is 2. The molecular weight excluding hydrogens is 226 g/mol. The fourth-order valence-electron chi connectivity index (χ4n) is 3.77. The van der Waals surface area contributed by atoms with Crippen molar-refractivity contribution in [2.75, 3.05) is 6.61 Å². The van der Waals surface area contributed by atoms with E-state index in [-0.39, 0.29) is 29.9 Å². The van der Waals surface area contributed by atoms with Crippen molar-refractivity contribution in [1.82, 2.24) is 5.32 Å². The quantitative estimate of drug-likeness (QED) is 0.808. The first-order valence-corrected chi connectivity index (χ1v) is 7.30. The average Bonchev–Trinajstić information content (AvgIpc) is 2.87. The normalized spacial score (nSPS) is 32.6. The highest BCUT2D eigenvalue weighted by atomic mass is 16.3. The summed E-state index contributed by atoms with van der Waals surface area (Å²) in [5.74, 6) is 1.81. The summed E-state index contributed by atoms with van der Waals surface area (Å²) in [7, 11) is 0. The fourth-order valence-corrected chi connectivity index (χ4v) is 3.77. The highest BCUT2D eigenvalue weighted by Gasteiger charge is 2.43. The van der Waals surface area contributed by atoms with Crippen LogP contribution in [-0.2, 0) is 4.79 Å². The van der Waals surface area contributed by atoms with Crippen molar-refractivity contribution in [1.29, 1.82) is 0 Å². The Labute approximate surface area is 110 Å². The van der Waals surface area contributed by atoms with E-state index in [0.29, 0.717) is 5.92 Å². The van der Waals surface area contributed by atoms with Crippen molar-refractivity contribution in [3.05, 3.63) is 0 Å². The number of carbonyl (C=O) groups is 1. The summed E-state index contributed by atoms with van der Waals surface area (Å²) in [5.41, 5.74) is 0.134. The van der Waals surface area contributed by atoms with Crippen LogP contribution in [0, 0.1) is 23.2 Å². The highest BCUT2D eigenvalue weighted by molar-refractivity contribution is 5.79. The van der Waals surface area contributed by atoms with Crippen molar-refractivity contribution in [3.8, 4) is 0 Å². The first kappa shape index (κ1) is 13.9. The maximum atomic E-state index is 12.3. The monoisotopic (exact) mass is 253 g/mol. The lowest BCUT2D eigenvalue weighted by Gasteiger charge is -2.28. The second-order valence-electron chi connectivity index (χ2n) is 7.43. The van der Waals surface area contributed by atoms with E-state index in [4.69, 9.17) is 0 Å². The van der Waals surface area contributed by atoms with Gasteiger partial charge in [-0.05, 0) is 42.9 Å². The van der Waals surface area contributed by atoms with Gasteiger partial charge in [-0.2, -0.15) is 0 Å². The van der Waals surface area contributed by atoms with Gasteiger partial charge in [-0.25, -0.2) is 0 Å². The third-order valence-electron chi connectivity index (χ3n) is 4.50. The number of hydrogen-bond acceptors (Lipinski definition) is 2. The summed E-state index contributed by atoms with van der Waals surface area (Å²) in [4.78, 5) is 12.3. The number of nitrogens with one attached hydrogen (secondary N) is 1. The van der Waals surface area contributed by atoms with E-state index < -0.39 is 0 Å². The van der Waals surface area contributed by atoms with Gasteiger partial charge in [0.2, 0.25) is 5.91 Å². The van der Waals surface area contributed by atoms with Crippen LogP contribution in [0.2, 0.25) is 0 Å². The Balaban J connectivity index is 1.86. The Morgan fingerprint density at radius 1 is 1.33 bits per heavy atom. The molecule has 104 valence electrons. The summed E-state index contributed by atoms with van der Waals surface area (Å²) in [5, 5.41) is 12.5. The van der Waals surface area contributed by atoms with Crippen molar-refractivity contribution in [2.24, 2.45) is 23.2 Å². The Bertz CT molecular complexity index is 308.